The largest absolute Gasteiger partial charge is 0.370 e. The Kier molecular flexibility index (Phi) is 5.97. The van der Waals surface area contributed by atoms with Crippen molar-refractivity contribution >= 4 is 17.7 Å². The molecule has 1 N–H and O–H groups in total. The van der Waals surface area contributed by atoms with E-state index in [0.29, 0.717) is 6.54 Å². The molecule has 5 nitrogen and oxygen atoms in total. The molecule has 0 aliphatic heterocycles. The van der Waals surface area contributed by atoms with Gasteiger partial charge in [-0.05, 0) is 37.6 Å². The number of benzene rings is 1. The number of carbonyl (C=O) groups is 1. The van der Waals surface area contributed by atoms with E-state index in [-0.39, 0.29) is 5.91 Å². The van der Waals surface area contributed by atoms with Gasteiger partial charge in [-0.1, -0.05) is 12.1 Å². The summed E-state index contributed by atoms with van der Waals surface area (Å²) in [6.45, 7) is 6.50. The van der Waals surface area contributed by atoms with Crippen LogP contribution in [0.5, 0.6) is 0 Å². The van der Waals surface area contributed by atoms with Crippen LogP contribution in [0, 0.1) is 6.92 Å². The highest BCUT2D eigenvalue weighted by atomic mass is 16.1. The van der Waals surface area contributed by atoms with Gasteiger partial charge in [0.05, 0.1) is 6.20 Å². The molecule has 1 amide bonds. The van der Waals surface area contributed by atoms with Gasteiger partial charge in [-0.2, -0.15) is 5.10 Å². The molecule has 1 aromatic carbocycles. The zero-order valence-electron chi connectivity index (χ0n) is 14.0. The normalized spacial score (nSPS) is 10.9. The zero-order valence-corrected chi connectivity index (χ0v) is 14.0. The van der Waals surface area contributed by atoms with Gasteiger partial charge < -0.3 is 10.2 Å². The van der Waals surface area contributed by atoms with E-state index in [1.165, 1.54) is 11.3 Å². The molecule has 2 rings (SSSR count). The van der Waals surface area contributed by atoms with Crippen LogP contribution in [0.25, 0.3) is 6.08 Å². The number of amides is 1. The van der Waals surface area contributed by atoms with Crippen LogP contribution in [0.1, 0.15) is 18.1 Å². The molecule has 0 fully saturated rings. The lowest BCUT2D eigenvalue weighted by molar-refractivity contribution is -0.116. The first-order valence-electron chi connectivity index (χ1n) is 7.84. The van der Waals surface area contributed by atoms with Gasteiger partial charge in [0.2, 0.25) is 5.91 Å². The fourth-order valence-corrected chi connectivity index (χ4v) is 2.37. The molecule has 0 spiro atoms. The molecule has 1 aromatic heterocycles. The Morgan fingerprint density at radius 1 is 1.43 bits per heavy atom. The van der Waals surface area contributed by atoms with Gasteiger partial charge in [0.1, 0.15) is 0 Å². The molecule has 1 heterocycles. The van der Waals surface area contributed by atoms with Crippen molar-refractivity contribution in [3.63, 3.8) is 0 Å². The van der Waals surface area contributed by atoms with Crippen molar-refractivity contribution in [2.45, 2.75) is 13.8 Å². The van der Waals surface area contributed by atoms with E-state index in [1.807, 2.05) is 13.2 Å². The Labute approximate surface area is 137 Å². The minimum Gasteiger partial charge on any atom is -0.370 e. The summed E-state index contributed by atoms with van der Waals surface area (Å²) in [6.07, 6.45) is 6.89. The van der Waals surface area contributed by atoms with E-state index in [1.54, 1.807) is 23.0 Å². The lowest BCUT2D eigenvalue weighted by Crippen LogP contribution is -2.34. The van der Waals surface area contributed by atoms with Crippen LogP contribution in [0.4, 0.5) is 5.69 Å². The number of carbonyl (C=O) groups excluding carboxylic acids is 1. The summed E-state index contributed by atoms with van der Waals surface area (Å²) in [5.41, 5.74) is 3.34. The van der Waals surface area contributed by atoms with E-state index in [4.69, 9.17) is 0 Å². The predicted octanol–water partition coefficient (Wildman–Crippen LogP) is 2.38. The van der Waals surface area contributed by atoms with Crippen LogP contribution in [0.2, 0.25) is 0 Å². The second-order valence-electron chi connectivity index (χ2n) is 5.49. The minimum absolute atomic E-state index is 0.0888. The number of aromatic nitrogens is 2. The maximum absolute atomic E-state index is 11.8. The molecular formula is C18H24N4O. The SMILES string of the molecule is CCN(CCNC(=O)/C=C/c1cnn(C)c1)c1cccc(C)c1. The third kappa shape index (κ3) is 5.29. The summed E-state index contributed by atoms with van der Waals surface area (Å²) < 4.78 is 1.71. The molecule has 5 heteroatoms. The van der Waals surface area contributed by atoms with Crippen molar-refractivity contribution in [2.24, 2.45) is 7.05 Å². The number of nitrogens with one attached hydrogen (secondary N) is 1. The second-order valence-corrected chi connectivity index (χ2v) is 5.49. The van der Waals surface area contributed by atoms with Crippen molar-refractivity contribution in [2.75, 3.05) is 24.5 Å². The van der Waals surface area contributed by atoms with Crippen molar-refractivity contribution in [3.8, 4) is 0 Å². The highest BCUT2D eigenvalue weighted by Gasteiger charge is 2.04. The Morgan fingerprint density at radius 2 is 2.26 bits per heavy atom. The molecule has 0 radical (unpaired) electrons. The molecular weight excluding hydrogens is 288 g/mol. The first-order chi connectivity index (χ1) is 11.1. The highest BCUT2D eigenvalue weighted by molar-refractivity contribution is 5.91. The van der Waals surface area contributed by atoms with E-state index in [2.05, 4.69) is 53.4 Å². The first kappa shape index (κ1) is 16.8. The number of likely N-dealkylation sites (N-methyl/N-ethyl adjacent to an activating group) is 1. The Bertz CT molecular complexity index is 675. The van der Waals surface area contributed by atoms with E-state index in [0.717, 1.165) is 18.7 Å². The predicted molar refractivity (Wildman–Crippen MR) is 94.3 cm³/mol. The number of anilines is 1. The zero-order chi connectivity index (χ0) is 16.7. The maximum atomic E-state index is 11.8. The van der Waals surface area contributed by atoms with E-state index >= 15 is 0 Å². The highest BCUT2D eigenvalue weighted by Crippen LogP contribution is 2.14. The number of hydrogen-bond acceptors (Lipinski definition) is 3. The van der Waals surface area contributed by atoms with Crippen LogP contribution in [0.15, 0.2) is 42.7 Å². The van der Waals surface area contributed by atoms with Crippen LogP contribution in [-0.2, 0) is 11.8 Å². The lowest BCUT2D eigenvalue weighted by atomic mass is 10.2. The van der Waals surface area contributed by atoms with Gasteiger partial charge in [0, 0.05) is 50.2 Å². The summed E-state index contributed by atoms with van der Waals surface area (Å²) in [7, 11) is 1.85. The summed E-state index contributed by atoms with van der Waals surface area (Å²) in [4.78, 5) is 14.1. The van der Waals surface area contributed by atoms with Gasteiger partial charge in [-0.15, -0.1) is 0 Å². The molecule has 23 heavy (non-hydrogen) atoms. The summed E-state index contributed by atoms with van der Waals surface area (Å²) in [5.74, 6) is -0.0888. The Balaban J connectivity index is 1.81. The third-order valence-corrected chi connectivity index (χ3v) is 3.58. The van der Waals surface area contributed by atoms with E-state index in [9.17, 15) is 4.79 Å². The van der Waals surface area contributed by atoms with Crippen LogP contribution in [0.3, 0.4) is 0 Å². The van der Waals surface area contributed by atoms with Crippen LogP contribution in [-0.4, -0.2) is 35.3 Å². The molecule has 122 valence electrons. The summed E-state index contributed by atoms with van der Waals surface area (Å²) in [5, 5.41) is 6.97. The molecule has 0 atom stereocenters. The summed E-state index contributed by atoms with van der Waals surface area (Å²) in [6, 6.07) is 8.40. The number of rotatable bonds is 7. The van der Waals surface area contributed by atoms with Crippen molar-refractivity contribution in [3.05, 3.63) is 53.9 Å². The number of hydrogen-bond donors (Lipinski definition) is 1. The average Bonchev–Trinajstić information content (AvgIpc) is 2.95. The molecule has 0 saturated heterocycles. The summed E-state index contributed by atoms with van der Waals surface area (Å²) >= 11 is 0. The van der Waals surface area contributed by atoms with Gasteiger partial charge in [-0.25, -0.2) is 0 Å². The van der Waals surface area contributed by atoms with Gasteiger partial charge in [-0.3, -0.25) is 9.48 Å². The first-order valence-corrected chi connectivity index (χ1v) is 7.84. The molecule has 0 saturated carbocycles. The van der Waals surface area contributed by atoms with Crippen LogP contribution < -0.4 is 10.2 Å². The van der Waals surface area contributed by atoms with Gasteiger partial charge in [0.15, 0.2) is 0 Å². The average molecular weight is 312 g/mol. The molecule has 0 aliphatic carbocycles. The maximum Gasteiger partial charge on any atom is 0.244 e. The molecule has 0 aliphatic rings. The third-order valence-electron chi connectivity index (χ3n) is 3.58. The number of aryl methyl sites for hydroxylation is 2. The second kappa shape index (κ2) is 8.17. The van der Waals surface area contributed by atoms with Crippen molar-refractivity contribution in [1.29, 1.82) is 0 Å². The molecule has 0 bridgehead atoms. The standard InChI is InChI=1S/C18H24N4O/c1-4-22(17-7-5-6-15(2)12-17)11-10-19-18(23)9-8-16-13-20-21(3)14-16/h5-9,12-14H,4,10-11H2,1-3H3,(H,19,23)/b9-8+. The Morgan fingerprint density at radius 3 is 2.91 bits per heavy atom. The van der Waals surface area contributed by atoms with E-state index < -0.39 is 0 Å². The van der Waals surface area contributed by atoms with Crippen molar-refractivity contribution < 1.29 is 4.79 Å². The Hall–Kier alpha value is -2.56. The lowest BCUT2D eigenvalue weighted by Gasteiger charge is -2.23. The quantitative estimate of drug-likeness (QED) is 0.799. The van der Waals surface area contributed by atoms with Crippen LogP contribution >= 0.6 is 0 Å². The topological polar surface area (TPSA) is 50.2 Å². The molecule has 0 unspecified atom stereocenters. The molecule has 2 aromatic rings. The fourth-order valence-electron chi connectivity index (χ4n) is 2.37. The van der Waals surface area contributed by atoms with Gasteiger partial charge >= 0.3 is 0 Å². The smallest absolute Gasteiger partial charge is 0.244 e. The minimum atomic E-state index is -0.0888. The van der Waals surface area contributed by atoms with Crippen molar-refractivity contribution in [1.82, 2.24) is 15.1 Å². The monoisotopic (exact) mass is 312 g/mol. The van der Waals surface area contributed by atoms with Gasteiger partial charge in [0.25, 0.3) is 0 Å². The number of nitrogens with zero attached hydrogens (tertiary/aromatic N) is 3. The fraction of sp³-hybridized carbons (Fsp3) is 0.333.